The zero-order valence-corrected chi connectivity index (χ0v) is 19.7. The van der Waals surface area contributed by atoms with Gasteiger partial charge in [-0.1, -0.05) is 30.3 Å². The number of rotatable bonds is 7. The molecule has 2 aromatic rings. The van der Waals surface area contributed by atoms with E-state index in [9.17, 15) is 4.79 Å². The zero-order valence-electron chi connectivity index (χ0n) is 19.7. The van der Waals surface area contributed by atoms with Gasteiger partial charge in [-0.25, -0.2) is 0 Å². The molecule has 2 aromatic carbocycles. The lowest BCUT2D eigenvalue weighted by atomic mass is 9.93. The Morgan fingerprint density at radius 1 is 1.06 bits per heavy atom. The number of ether oxygens (including phenoxy) is 1. The van der Waals surface area contributed by atoms with E-state index in [1.165, 1.54) is 24.0 Å². The second-order valence-electron chi connectivity index (χ2n) is 9.64. The normalized spacial score (nSPS) is 24.1. The molecule has 33 heavy (non-hydrogen) atoms. The van der Waals surface area contributed by atoms with Crippen molar-refractivity contribution in [3.05, 3.63) is 77.9 Å². The SMILES string of the molecule is C=CCN1CC2CCC(C1)N2C(c1ccc(C(=O)N2CCCC2)cc1)c1cccc(OC)c1. The zero-order chi connectivity index (χ0) is 22.8. The van der Waals surface area contributed by atoms with Crippen LogP contribution >= 0.6 is 0 Å². The molecular weight excluding hydrogens is 410 g/mol. The van der Waals surface area contributed by atoms with E-state index in [4.69, 9.17) is 4.74 Å². The summed E-state index contributed by atoms with van der Waals surface area (Å²) < 4.78 is 5.57. The van der Waals surface area contributed by atoms with Crippen LogP contribution in [0.3, 0.4) is 0 Å². The smallest absolute Gasteiger partial charge is 0.253 e. The van der Waals surface area contributed by atoms with Gasteiger partial charge in [0.15, 0.2) is 0 Å². The van der Waals surface area contributed by atoms with Crippen LogP contribution in [0.25, 0.3) is 0 Å². The number of amides is 1. The molecular formula is C28H35N3O2. The van der Waals surface area contributed by atoms with Crippen molar-refractivity contribution in [2.24, 2.45) is 0 Å². The molecule has 3 atom stereocenters. The highest BCUT2D eigenvalue weighted by Gasteiger charge is 2.44. The molecule has 5 heteroatoms. The standard InChI is InChI=1S/C28H35N3O2/c1-3-15-29-19-24-13-14-25(20-29)31(24)27(23-7-6-8-26(18-23)33-2)21-9-11-22(12-10-21)28(32)30-16-4-5-17-30/h3,6-12,18,24-25,27H,1,4-5,13-17,19-20H2,2H3. The van der Waals surface area contributed by atoms with Crippen molar-refractivity contribution < 1.29 is 9.53 Å². The molecule has 3 aliphatic rings. The van der Waals surface area contributed by atoms with Crippen molar-refractivity contribution >= 4 is 5.91 Å². The lowest BCUT2D eigenvalue weighted by Crippen LogP contribution is -2.54. The number of carbonyl (C=O) groups excluding carboxylic acids is 1. The van der Waals surface area contributed by atoms with Crippen molar-refractivity contribution in [2.45, 2.75) is 43.8 Å². The van der Waals surface area contributed by atoms with Gasteiger partial charge in [0.1, 0.15) is 5.75 Å². The van der Waals surface area contributed by atoms with Crippen molar-refractivity contribution in [2.75, 3.05) is 39.8 Å². The van der Waals surface area contributed by atoms with Crippen molar-refractivity contribution in [1.82, 2.24) is 14.7 Å². The first-order chi connectivity index (χ1) is 16.2. The Kier molecular flexibility index (Phi) is 6.52. The first kappa shape index (κ1) is 22.2. The molecule has 2 bridgehead atoms. The van der Waals surface area contributed by atoms with Crippen LogP contribution in [0.2, 0.25) is 0 Å². The highest BCUT2D eigenvalue weighted by atomic mass is 16.5. The molecule has 5 rings (SSSR count). The molecule has 3 heterocycles. The molecule has 3 saturated heterocycles. The van der Waals surface area contributed by atoms with Crippen LogP contribution in [0.15, 0.2) is 61.2 Å². The Labute approximate surface area is 197 Å². The van der Waals surface area contributed by atoms with Gasteiger partial charge in [0.05, 0.1) is 13.2 Å². The average Bonchev–Trinajstić information content (AvgIpc) is 3.47. The maximum Gasteiger partial charge on any atom is 0.253 e. The van der Waals surface area contributed by atoms with Gasteiger partial charge in [-0.05, 0) is 61.1 Å². The number of methoxy groups -OCH3 is 1. The average molecular weight is 446 g/mol. The van der Waals surface area contributed by atoms with Crippen LogP contribution in [0.5, 0.6) is 5.75 Å². The van der Waals surface area contributed by atoms with Crippen molar-refractivity contribution in [3.63, 3.8) is 0 Å². The van der Waals surface area contributed by atoms with Crippen LogP contribution < -0.4 is 4.74 Å². The number of hydrogen-bond donors (Lipinski definition) is 0. The summed E-state index contributed by atoms with van der Waals surface area (Å²) in [4.78, 5) is 20.1. The van der Waals surface area contributed by atoms with Crippen LogP contribution in [0.4, 0.5) is 0 Å². The summed E-state index contributed by atoms with van der Waals surface area (Å²) in [5.41, 5.74) is 3.29. The first-order valence-electron chi connectivity index (χ1n) is 12.3. The summed E-state index contributed by atoms with van der Waals surface area (Å²) >= 11 is 0. The van der Waals surface area contributed by atoms with Crippen LogP contribution in [0.1, 0.15) is 53.2 Å². The van der Waals surface area contributed by atoms with Gasteiger partial charge in [-0.15, -0.1) is 6.58 Å². The Morgan fingerprint density at radius 2 is 1.76 bits per heavy atom. The quantitative estimate of drug-likeness (QED) is 0.594. The largest absolute Gasteiger partial charge is 0.497 e. The molecule has 3 unspecified atom stereocenters. The molecule has 0 aliphatic carbocycles. The molecule has 0 aromatic heterocycles. The van der Waals surface area contributed by atoms with E-state index < -0.39 is 0 Å². The highest BCUT2D eigenvalue weighted by molar-refractivity contribution is 5.94. The predicted molar refractivity (Wildman–Crippen MR) is 132 cm³/mol. The predicted octanol–water partition coefficient (Wildman–Crippen LogP) is 4.36. The molecule has 3 fully saturated rings. The summed E-state index contributed by atoms with van der Waals surface area (Å²) in [7, 11) is 1.73. The molecule has 0 spiro atoms. The van der Waals surface area contributed by atoms with E-state index in [0.717, 1.165) is 56.9 Å². The highest BCUT2D eigenvalue weighted by Crippen LogP contribution is 2.41. The van der Waals surface area contributed by atoms with Gasteiger partial charge in [0.2, 0.25) is 0 Å². The van der Waals surface area contributed by atoms with Gasteiger partial charge in [-0.2, -0.15) is 0 Å². The summed E-state index contributed by atoms with van der Waals surface area (Å²) in [6.45, 7) is 8.82. The number of carbonyl (C=O) groups is 1. The summed E-state index contributed by atoms with van der Waals surface area (Å²) in [5, 5.41) is 0. The third-order valence-corrected chi connectivity index (χ3v) is 7.58. The summed E-state index contributed by atoms with van der Waals surface area (Å²) in [6.07, 6.45) is 6.70. The summed E-state index contributed by atoms with van der Waals surface area (Å²) in [5.74, 6) is 1.05. The molecule has 1 amide bonds. The van der Waals surface area contributed by atoms with E-state index in [0.29, 0.717) is 12.1 Å². The van der Waals surface area contributed by atoms with Gasteiger partial charge < -0.3 is 9.64 Å². The fraction of sp³-hybridized carbons (Fsp3) is 0.464. The lowest BCUT2D eigenvalue weighted by molar-refractivity contribution is 0.0499. The molecule has 5 nitrogen and oxygen atoms in total. The number of nitrogens with zero attached hydrogens (tertiary/aromatic N) is 3. The molecule has 174 valence electrons. The van der Waals surface area contributed by atoms with E-state index in [-0.39, 0.29) is 11.9 Å². The molecule has 0 N–H and O–H groups in total. The second-order valence-corrected chi connectivity index (χ2v) is 9.64. The number of likely N-dealkylation sites (tertiary alicyclic amines) is 2. The summed E-state index contributed by atoms with van der Waals surface area (Å²) in [6, 6.07) is 18.1. The van der Waals surface area contributed by atoms with E-state index in [1.807, 2.05) is 29.2 Å². The van der Waals surface area contributed by atoms with Crippen LogP contribution in [0, 0.1) is 0 Å². The van der Waals surface area contributed by atoms with Crippen molar-refractivity contribution in [3.8, 4) is 5.75 Å². The van der Waals surface area contributed by atoms with Gasteiger partial charge in [0, 0.05) is 50.4 Å². The monoisotopic (exact) mass is 445 g/mol. The lowest BCUT2D eigenvalue weighted by Gasteiger charge is -2.45. The third kappa shape index (κ3) is 4.44. The number of piperazine rings is 1. The van der Waals surface area contributed by atoms with Crippen LogP contribution in [-0.4, -0.2) is 72.5 Å². The Hall–Kier alpha value is -2.63. The van der Waals surface area contributed by atoms with Gasteiger partial charge in [-0.3, -0.25) is 14.6 Å². The Balaban J connectivity index is 1.47. The maximum absolute atomic E-state index is 12.9. The molecule has 3 aliphatic heterocycles. The van der Waals surface area contributed by atoms with Gasteiger partial charge >= 0.3 is 0 Å². The minimum absolute atomic E-state index is 0.152. The maximum atomic E-state index is 12.9. The Bertz CT molecular complexity index is 969. The van der Waals surface area contributed by atoms with E-state index in [1.54, 1.807) is 7.11 Å². The topological polar surface area (TPSA) is 36.0 Å². The number of fused-ring (bicyclic) bond motifs is 2. The minimum Gasteiger partial charge on any atom is -0.497 e. The van der Waals surface area contributed by atoms with E-state index >= 15 is 0 Å². The molecule has 0 saturated carbocycles. The fourth-order valence-electron chi connectivity index (χ4n) is 6.04. The second kappa shape index (κ2) is 9.70. The number of hydrogen-bond acceptors (Lipinski definition) is 4. The van der Waals surface area contributed by atoms with Crippen molar-refractivity contribution in [1.29, 1.82) is 0 Å². The third-order valence-electron chi connectivity index (χ3n) is 7.58. The van der Waals surface area contributed by atoms with Gasteiger partial charge in [0.25, 0.3) is 5.91 Å². The fourth-order valence-corrected chi connectivity index (χ4v) is 6.04. The number of benzene rings is 2. The first-order valence-corrected chi connectivity index (χ1v) is 12.3. The minimum atomic E-state index is 0.152. The van der Waals surface area contributed by atoms with Crippen LogP contribution in [-0.2, 0) is 0 Å². The van der Waals surface area contributed by atoms with E-state index in [2.05, 4.69) is 46.7 Å². The molecule has 0 radical (unpaired) electrons. The Morgan fingerprint density at radius 3 is 2.39 bits per heavy atom.